The first kappa shape index (κ1) is 39.0. The van der Waals surface area contributed by atoms with Crippen LogP contribution in [0.4, 0.5) is 0 Å². The molecule has 15 rings (SSSR count). The van der Waals surface area contributed by atoms with Crippen LogP contribution in [0.15, 0.2) is 233 Å². The Morgan fingerprint density at radius 3 is 1.70 bits per heavy atom. The van der Waals surface area contributed by atoms with Crippen molar-refractivity contribution < 1.29 is 8.83 Å². The first-order valence-electron chi connectivity index (χ1n) is 24.3. The maximum atomic E-state index is 6.80. The third-order valence-electron chi connectivity index (χ3n) is 14.9. The molecule has 0 amide bonds. The van der Waals surface area contributed by atoms with Crippen molar-refractivity contribution in [3.05, 3.63) is 236 Å². The van der Waals surface area contributed by atoms with E-state index in [4.69, 9.17) is 13.9 Å². The van der Waals surface area contributed by atoms with Crippen molar-refractivity contribution in [1.82, 2.24) is 9.61 Å². The van der Waals surface area contributed by atoms with E-state index in [-0.39, 0.29) is 0 Å². The summed E-state index contributed by atoms with van der Waals surface area (Å²) in [5.74, 6) is 2.18. The third kappa shape index (κ3) is 5.99. The molecule has 0 saturated heterocycles. The minimum Gasteiger partial charge on any atom is -0.456 e. The Kier molecular flexibility index (Phi) is 8.51. The van der Waals surface area contributed by atoms with E-state index in [1.54, 1.807) is 0 Å². The molecule has 13 aromatic rings. The van der Waals surface area contributed by atoms with E-state index in [0.717, 1.165) is 122 Å². The summed E-state index contributed by atoms with van der Waals surface area (Å²) in [5, 5.41) is 11.4. The van der Waals surface area contributed by atoms with Gasteiger partial charge in [0.1, 0.15) is 28.2 Å². The summed E-state index contributed by atoms with van der Waals surface area (Å²) < 4.78 is 15.7. The smallest absolute Gasteiger partial charge is 0.143 e. The highest BCUT2D eigenvalue weighted by molar-refractivity contribution is 6.15. The molecule has 328 valence electrons. The van der Waals surface area contributed by atoms with Crippen molar-refractivity contribution in [2.45, 2.75) is 12.3 Å². The predicted octanol–water partition coefficient (Wildman–Crippen LogP) is 17.9. The third-order valence-corrected chi connectivity index (χ3v) is 14.9. The molecule has 70 heavy (non-hydrogen) atoms. The lowest BCUT2D eigenvalue weighted by atomic mass is 9.89. The zero-order chi connectivity index (χ0) is 45.9. The number of rotatable bonds is 7. The molecule has 2 aliphatic carbocycles. The minimum absolute atomic E-state index is 0.549. The first-order chi connectivity index (χ1) is 34.7. The molecule has 4 heterocycles. The topological polar surface area (TPSA) is 43.6 Å². The van der Waals surface area contributed by atoms with Gasteiger partial charge >= 0.3 is 0 Å². The van der Waals surface area contributed by atoms with E-state index in [0.29, 0.717) is 11.8 Å². The van der Waals surface area contributed by atoms with Gasteiger partial charge < -0.3 is 8.83 Å². The highest BCUT2D eigenvalue weighted by Crippen LogP contribution is 2.56. The molecule has 4 aromatic heterocycles. The average Bonchev–Trinajstić information content (AvgIpc) is 3.74. The highest BCUT2D eigenvalue weighted by atomic mass is 16.3. The zero-order valence-electron chi connectivity index (χ0n) is 38.0. The number of allylic oxidation sites excluding steroid dienone is 1. The number of hydrogen-bond acceptors (Lipinski definition) is 3. The maximum absolute atomic E-state index is 6.80. The summed E-state index contributed by atoms with van der Waals surface area (Å²) >= 11 is 0. The molecule has 0 spiro atoms. The van der Waals surface area contributed by atoms with Gasteiger partial charge in [-0.15, -0.1) is 0 Å². The quantitative estimate of drug-likeness (QED) is 0.160. The Labute approximate surface area is 404 Å². The fourth-order valence-corrected chi connectivity index (χ4v) is 11.6. The summed E-state index contributed by atoms with van der Waals surface area (Å²) in [6, 6.07) is 78.5. The number of nitrogens with zero attached hydrogens (tertiary/aromatic N) is 2. The van der Waals surface area contributed by atoms with Gasteiger partial charge in [-0.3, -0.25) is 0 Å². The second-order valence-electron chi connectivity index (χ2n) is 18.9. The molecular formula is C66H42N2O2. The lowest BCUT2D eigenvalue weighted by Gasteiger charge is -2.18. The van der Waals surface area contributed by atoms with Crippen molar-refractivity contribution in [2.24, 2.45) is 5.92 Å². The maximum Gasteiger partial charge on any atom is 0.143 e. The van der Waals surface area contributed by atoms with E-state index in [2.05, 4.69) is 229 Å². The summed E-state index contributed by atoms with van der Waals surface area (Å²) in [7, 11) is 0. The average molecular weight is 895 g/mol. The number of furan rings is 2. The van der Waals surface area contributed by atoms with Gasteiger partial charge in [0.05, 0.1) is 11.2 Å². The van der Waals surface area contributed by atoms with Gasteiger partial charge in [0.2, 0.25) is 0 Å². The van der Waals surface area contributed by atoms with Crippen molar-refractivity contribution in [3.63, 3.8) is 0 Å². The molecule has 1 saturated carbocycles. The predicted molar refractivity (Wildman–Crippen MR) is 288 cm³/mol. The van der Waals surface area contributed by atoms with Gasteiger partial charge in [-0.05, 0) is 87.4 Å². The number of fused-ring (bicyclic) bond motifs is 11. The van der Waals surface area contributed by atoms with E-state index in [9.17, 15) is 0 Å². The second-order valence-corrected chi connectivity index (χ2v) is 18.9. The van der Waals surface area contributed by atoms with E-state index >= 15 is 0 Å². The largest absolute Gasteiger partial charge is 0.456 e. The van der Waals surface area contributed by atoms with E-state index in [1.807, 2.05) is 6.07 Å². The number of benzene rings is 9. The van der Waals surface area contributed by atoms with Crippen LogP contribution in [0.25, 0.3) is 133 Å². The van der Waals surface area contributed by atoms with Crippen molar-refractivity contribution in [2.75, 3.05) is 0 Å². The van der Waals surface area contributed by atoms with Crippen molar-refractivity contribution in [1.29, 1.82) is 0 Å². The molecule has 4 nitrogen and oxygen atoms in total. The van der Waals surface area contributed by atoms with Crippen molar-refractivity contribution in [3.8, 4) is 78.1 Å². The summed E-state index contributed by atoms with van der Waals surface area (Å²) in [6.07, 6.45) is 5.72. The van der Waals surface area contributed by atoms with Crippen LogP contribution >= 0.6 is 0 Å². The highest BCUT2D eigenvalue weighted by Gasteiger charge is 2.42. The fraction of sp³-hybridized carbons (Fsp3) is 0.0455. The summed E-state index contributed by atoms with van der Waals surface area (Å²) in [5.41, 5.74) is 20.4. The minimum atomic E-state index is 0.549. The van der Waals surface area contributed by atoms with Crippen LogP contribution in [-0.4, -0.2) is 9.61 Å². The van der Waals surface area contributed by atoms with Crippen LogP contribution in [0.5, 0.6) is 0 Å². The molecule has 1 fully saturated rings. The fourth-order valence-electron chi connectivity index (χ4n) is 11.6. The van der Waals surface area contributed by atoms with Gasteiger partial charge in [-0.25, -0.2) is 4.52 Å². The van der Waals surface area contributed by atoms with E-state index < -0.39 is 0 Å². The van der Waals surface area contributed by atoms with E-state index in [1.165, 1.54) is 22.8 Å². The standard InChI is InChI=1S/C66H42N2O2/c1-4-16-41(17-5-1)60-62(43-18-6-2-7-19-43)67-68-63(44-20-8-3-9-21-44)59(52-23-10-11-24-53(52)64(60)68)42-32-30-40(31-33-42)46-36-47(49-25-14-27-54-51-22-12-13-29-57(51)69-65(49)54)38-48(37-46)50-26-15-28-55-61-56-39-45(56)34-35-58(61)70-66(50)55/h1-38,45,56H,39H2. The lowest BCUT2D eigenvalue weighted by molar-refractivity contribution is 0.596. The second kappa shape index (κ2) is 15.3. The normalized spacial score (nSPS) is 15.0. The Balaban J connectivity index is 0.950. The molecule has 0 N–H and O–H groups in total. The molecule has 2 aliphatic rings. The molecule has 0 radical (unpaired) electrons. The molecule has 0 aliphatic heterocycles. The van der Waals surface area contributed by atoms with Crippen molar-refractivity contribution >= 4 is 55.3 Å². The van der Waals surface area contributed by atoms with Crippen LogP contribution in [0.3, 0.4) is 0 Å². The molecule has 2 atom stereocenters. The Morgan fingerprint density at radius 1 is 0.414 bits per heavy atom. The number of aromatic nitrogens is 2. The van der Waals surface area contributed by atoms with Crippen LogP contribution in [0, 0.1) is 5.92 Å². The van der Waals surface area contributed by atoms with Gasteiger partial charge in [-0.2, -0.15) is 5.10 Å². The van der Waals surface area contributed by atoms with Crippen LogP contribution in [-0.2, 0) is 0 Å². The SMILES string of the molecule is C1=CC2CC2c2c1oc1c(-c3cc(-c4ccc(-c5c(-c6ccccc6)n6nc(-c7ccccc7)c(-c7ccccc7)c6c6ccccc56)cc4)cc(-c4cccc5c4oc4ccccc45)c3)cccc21. The first-order valence-corrected chi connectivity index (χ1v) is 24.3. The molecular weight excluding hydrogens is 853 g/mol. The van der Waals surface area contributed by atoms with Gasteiger partial charge in [0.15, 0.2) is 0 Å². The van der Waals surface area contributed by atoms with Crippen LogP contribution in [0.1, 0.15) is 23.7 Å². The Bertz CT molecular complexity index is 4250. The van der Waals surface area contributed by atoms with Gasteiger partial charge in [-0.1, -0.05) is 200 Å². The summed E-state index contributed by atoms with van der Waals surface area (Å²) in [6.45, 7) is 0. The van der Waals surface area contributed by atoms with Gasteiger partial charge in [0.25, 0.3) is 0 Å². The lowest BCUT2D eigenvalue weighted by Crippen LogP contribution is -2.00. The van der Waals surface area contributed by atoms with Crippen LogP contribution < -0.4 is 0 Å². The zero-order valence-corrected chi connectivity index (χ0v) is 38.0. The molecule has 0 bridgehead atoms. The summed E-state index contributed by atoms with van der Waals surface area (Å²) in [4.78, 5) is 0. The monoisotopic (exact) mass is 894 g/mol. The number of pyridine rings is 1. The molecule has 2 unspecified atom stereocenters. The Hall–Kier alpha value is -8.99. The Morgan fingerprint density at radius 2 is 0.971 bits per heavy atom. The number of hydrogen-bond donors (Lipinski definition) is 0. The molecule has 9 aromatic carbocycles. The number of para-hydroxylation sites is 3. The van der Waals surface area contributed by atoms with Crippen LogP contribution in [0.2, 0.25) is 0 Å². The van der Waals surface area contributed by atoms with Gasteiger partial charge in [0, 0.05) is 60.5 Å². The molecule has 4 heteroatoms.